The Morgan fingerprint density at radius 3 is 1.20 bits per heavy atom. The summed E-state index contributed by atoms with van der Waals surface area (Å²) in [6.07, 6.45) is 20.2. The molecule has 1 N–H and O–H groups in total. The van der Waals surface area contributed by atoms with Crippen molar-refractivity contribution in [2.45, 2.75) is 110 Å². The summed E-state index contributed by atoms with van der Waals surface area (Å²) in [5.41, 5.74) is 0. The average Bonchev–Trinajstić information content (AvgIpc) is 2.43. The summed E-state index contributed by atoms with van der Waals surface area (Å²) in [6, 6.07) is 0. The molecule has 0 aliphatic heterocycles. The highest BCUT2D eigenvalue weighted by molar-refractivity contribution is 5.66. The van der Waals surface area contributed by atoms with Gasteiger partial charge in [0.25, 0.3) is 0 Å². The first-order valence-electron chi connectivity index (χ1n) is 8.99. The van der Waals surface area contributed by atoms with Crippen LogP contribution in [-0.2, 0) is 4.79 Å². The monoisotopic (exact) mass is 285 g/mol. The number of rotatable bonds is 16. The number of unbranched alkanes of at least 4 members (excludes halogenated alkanes) is 14. The molecule has 0 aromatic heterocycles. The molecule has 0 spiro atoms. The fourth-order valence-corrected chi connectivity index (χ4v) is 2.65. The van der Waals surface area contributed by atoms with Crippen molar-refractivity contribution < 1.29 is 9.90 Å². The van der Waals surface area contributed by atoms with Gasteiger partial charge in [0.15, 0.2) is 0 Å². The van der Waals surface area contributed by atoms with Gasteiger partial charge in [-0.25, -0.2) is 0 Å². The highest BCUT2D eigenvalue weighted by Crippen LogP contribution is 2.13. The molecule has 0 atom stereocenters. The first-order chi connectivity index (χ1) is 9.77. The molecule has 0 fully saturated rings. The summed E-state index contributed by atoms with van der Waals surface area (Å²) in [4.78, 5) is 10.3. The van der Waals surface area contributed by atoms with Gasteiger partial charge in [-0.3, -0.25) is 4.79 Å². The molecule has 0 saturated heterocycles. The van der Waals surface area contributed by atoms with Crippen LogP contribution < -0.4 is 0 Å². The molecule has 0 aliphatic rings. The summed E-state index contributed by atoms with van der Waals surface area (Å²) in [6.45, 7) is 2.27. The van der Waals surface area contributed by atoms with Crippen molar-refractivity contribution >= 4 is 5.97 Å². The van der Waals surface area contributed by atoms with Crippen LogP contribution in [0.1, 0.15) is 110 Å². The van der Waals surface area contributed by atoms with E-state index in [1.54, 1.807) is 0 Å². The lowest BCUT2D eigenvalue weighted by atomic mass is 10.0. The van der Waals surface area contributed by atoms with E-state index in [9.17, 15) is 4.79 Å². The maximum Gasteiger partial charge on any atom is 0.303 e. The molecule has 0 bridgehead atoms. The molecule has 0 aromatic carbocycles. The molecule has 0 aromatic rings. The Bertz CT molecular complexity index is 202. The van der Waals surface area contributed by atoms with Crippen molar-refractivity contribution in [2.75, 3.05) is 0 Å². The molecule has 120 valence electrons. The Morgan fingerprint density at radius 2 is 0.900 bits per heavy atom. The predicted molar refractivity (Wildman–Crippen MR) is 87.2 cm³/mol. The van der Waals surface area contributed by atoms with E-state index < -0.39 is 5.97 Å². The number of carboxylic acid groups (broad SMARTS) is 1. The maximum absolute atomic E-state index is 10.3. The lowest BCUT2D eigenvalue weighted by molar-refractivity contribution is -0.137. The van der Waals surface area contributed by atoms with Crippen LogP contribution in [0, 0.1) is 0 Å². The molecular formula is C18H36O2. The van der Waals surface area contributed by atoms with Gasteiger partial charge in [-0.15, -0.1) is 0 Å². The molecule has 2 heteroatoms. The zero-order chi connectivity index (χ0) is 14.9. The first kappa shape index (κ1) is 19.5. The van der Waals surface area contributed by atoms with E-state index in [0.717, 1.165) is 12.8 Å². The van der Waals surface area contributed by atoms with Gasteiger partial charge in [0.05, 0.1) is 0 Å². The Morgan fingerprint density at radius 1 is 0.600 bits per heavy atom. The molecule has 0 heterocycles. The van der Waals surface area contributed by atoms with E-state index in [2.05, 4.69) is 6.92 Å². The van der Waals surface area contributed by atoms with E-state index in [4.69, 9.17) is 5.11 Å². The lowest BCUT2D eigenvalue weighted by Gasteiger charge is -2.03. The van der Waals surface area contributed by atoms with E-state index in [1.165, 1.54) is 83.5 Å². The third kappa shape index (κ3) is 17.5. The van der Waals surface area contributed by atoms with E-state index in [0.29, 0.717) is 6.42 Å². The summed E-state index contributed by atoms with van der Waals surface area (Å²) >= 11 is 0. The van der Waals surface area contributed by atoms with Crippen LogP contribution in [0.25, 0.3) is 0 Å². The normalized spacial score (nSPS) is 10.8. The molecule has 0 rings (SSSR count). The van der Waals surface area contributed by atoms with Crippen molar-refractivity contribution in [3.8, 4) is 0 Å². The quantitative estimate of drug-likeness (QED) is 0.265. The molecule has 0 saturated carbocycles. The number of carboxylic acids is 1. The van der Waals surface area contributed by atoms with Crippen molar-refractivity contribution in [3.05, 3.63) is 0 Å². The standard InChI is InChI=1S/C18H36O2/c1-2-3-4-5-6-7-8-9-10-11-12-13-14-15-16-17-18(19)20/h2-17H2,1H3,(H,19,20)/i17+1. The fourth-order valence-electron chi connectivity index (χ4n) is 2.65. The van der Waals surface area contributed by atoms with Gasteiger partial charge in [0, 0.05) is 6.42 Å². The van der Waals surface area contributed by atoms with Crippen LogP contribution in [0.15, 0.2) is 0 Å². The number of hydrogen-bond acceptors (Lipinski definition) is 1. The first-order valence-corrected chi connectivity index (χ1v) is 8.99. The summed E-state index contributed by atoms with van der Waals surface area (Å²) in [5.74, 6) is -0.653. The van der Waals surface area contributed by atoms with Crippen LogP contribution in [0.5, 0.6) is 0 Å². The summed E-state index contributed by atoms with van der Waals surface area (Å²) < 4.78 is 0. The van der Waals surface area contributed by atoms with Gasteiger partial charge < -0.3 is 5.11 Å². The van der Waals surface area contributed by atoms with Crippen LogP contribution in [0.4, 0.5) is 0 Å². The average molecular weight is 285 g/mol. The van der Waals surface area contributed by atoms with Gasteiger partial charge in [0.1, 0.15) is 0 Å². The SMILES string of the molecule is CCCCCCCCCCCCCCCC[13CH2]C(=O)O. The highest BCUT2D eigenvalue weighted by atomic mass is 16.4. The van der Waals surface area contributed by atoms with E-state index in [1.807, 2.05) is 0 Å². The number of hydrogen-bond donors (Lipinski definition) is 1. The summed E-state index contributed by atoms with van der Waals surface area (Å²) in [7, 11) is 0. The van der Waals surface area contributed by atoms with Gasteiger partial charge in [-0.1, -0.05) is 96.8 Å². The minimum absolute atomic E-state index is 0.345. The van der Waals surface area contributed by atoms with E-state index >= 15 is 0 Å². The van der Waals surface area contributed by atoms with Gasteiger partial charge in [-0.2, -0.15) is 0 Å². The second-order valence-electron chi connectivity index (χ2n) is 6.09. The molecule has 0 amide bonds. The Hall–Kier alpha value is -0.530. The molecule has 2 nitrogen and oxygen atoms in total. The van der Waals surface area contributed by atoms with Crippen molar-refractivity contribution in [1.29, 1.82) is 0 Å². The van der Waals surface area contributed by atoms with Gasteiger partial charge >= 0.3 is 5.97 Å². The zero-order valence-corrected chi connectivity index (χ0v) is 13.7. The lowest BCUT2D eigenvalue weighted by Crippen LogP contribution is -1.93. The number of carbonyl (C=O) groups is 1. The third-order valence-electron chi connectivity index (χ3n) is 3.99. The third-order valence-corrected chi connectivity index (χ3v) is 3.99. The van der Waals surface area contributed by atoms with Crippen molar-refractivity contribution in [1.82, 2.24) is 0 Å². The molecule has 0 radical (unpaired) electrons. The van der Waals surface area contributed by atoms with Crippen molar-refractivity contribution in [2.24, 2.45) is 0 Å². The predicted octanol–water partition coefficient (Wildman–Crippen LogP) is 6.33. The molecule has 0 aliphatic carbocycles. The molecular weight excluding hydrogens is 249 g/mol. The second kappa shape index (κ2) is 16.5. The van der Waals surface area contributed by atoms with Crippen LogP contribution in [0.2, 0.25) is 0 Å². The van der Waals surface area contributed by atoms with Gasteiger partial charge in [-0.05, 0) is 6.42 Å². The van der Waals surface area contributed by atoms with Crippen molar-refractivity contribution in [3.63, 3.8) is 0 Å². The second-order valence-corrected chi connectivity index (χ2v) is 6.09. The minimum atomic E-state index is -0.653. The van der Waals surface area contributed by atoms with Crippen LogP contribution in [-0.4, -0.2) is 11.1 Å². The largest absolute Gasteiger partial charge is 0.481 e. The van der Waals surface area contributed by atoms with Crippen LogP contribution >= 0.6 is 0 Å². The Labute approximate surface area is 126 Å². The Kier molecular flexibility index (Phi) is 16.1. The topological polar surface area (TPSA) is 37.3 Å². The highest BCUT2D eigenvalue weighted by Gasteiger charge is 1.97. The smallest absolute Gasteiger partial charge is 0.303 e. The fraction of sp³-hybridized carbons (Fsp3) is 0.944. The maximum atomic E-state index is 10.3. The van der Waals surface area contributed by atoms with Gasteiger partial charge in [0.2, 0.25) is 0 Å². The molecule has 20 heavy (non-hydrogen) atoms. The molecule has 0 unspecified atom stereocenters. The Balaban J connectivity index is 2.94. The minimum Gasteiger partial charge on any atom is -0.481 e. The summed E-state index contributed by atoms with van der Waals surface area (Å²) in [5, 5.41) is 8.52. The number of aliphatic carboxylic acids is 1. The van der Waals surface area contributed by atoms with E-state index in [-0.39, 0.29) is 0 Å². The van der Waals surface area contributed by atoms with Crippen LogP contribution in [0.3, 0.4) is 0 Å². The zero-order valence-electron chi connectivity index (χ0n) is 13.7.